The van der Waals surface area contributed by atoms with Crippen molar-refractivity contribution in [2.45, 2.75) is 13.8 Å². The van der Waals surface area contributed by atoms with Crippen molar-refractivity contribution in [1.29, 1.82) is 0 Å². The normalized spacial score (nSPS) is 10.7. The van der Waals surface area contributed by atoms with Crippen molar-refractivity contribution in [3.8, 4) is 17.2 Å². The summed E-state index contributed by atoms with van der Waals surface area (Å²) in [6.45, 7) is 3.64. The van der Waals surface area contributed by atoms with E-state index >= 15 is 0 Å². The number of benzene rings is 2. The molecule has 0 aliphatic carbocycles. The fraction of sp³-hybridized carbons (Fsp3) is 0.107. The highest BCUT2D eigenvalue weighted by atomic mass is 16.5. The number of nitrogens with one attached hydrogen (secondary N) is 3. The maximum absolute atomic E-state index is 12.7. The summed E-state index contributed by atoms with van der Waals surface area (Å²) in [5, 5.41) is 8.06. The molecule has 192 valence electrons. The van der Waals surface area contributed by atoms with Crippen molar-refractivity contribution in [3.05, 3.63) is 102 Å². The van der Waals surface area contributed by atoms with Gasteiger partial charge in [-0.15, -0.1) is 0 Å². The van der Waals surface area contributed by atoms with Crippen LogP contribution in [0.2, 0.25) is 0 Å². The van der Waals surface area contributed by atoms with Crippen LogP contribution in [0.3, 0.4) is 0 Å². The van der Waals surface area contributed by atoms with Gasteiger partial charge >= 0.3 is 6.03 Å². The van der Waals surface area contributed by atoms with Crippen molar-refractivity contribution in [2.24, 2.45) is 0 Å². The molecule has 4 aromatic rings. The molecule has 4 rings (SSSR count). The van der Waals surface area contributed by atoms with Gasteiger partial charge in [0, 0.05) is 48.1 Å². The van der Waals surface area contributed by atoms with E-state index in [2.05, 4.69) is 25.9 Å². The average molecular weight is 511 g/mol. The molecule has 0 radical (unpaired) electrons. The molecule has 2 heterocycles. The van der Waals surface area contributed by atoms with E-state index < -0.39 is 6.03 Å². The highest BCUT2D eigenvalue weighted by molar-refractivity contribution is 6.06. The minimum atomic E-state index is -0.480. The zero-order chi connectivity index (χ0) is 27.1. The molecule has 3 N–H and O–H groups in total. The third-order valence-electron chi connectivity index (χ3n) is 5.33. The van der Waals surface area contributed by atoms with Crippen LogP contribution in [0.5, 0.6) is 11.5 Å². The van der Waals surface area contributed by atoms with Crippen molar-refractivity contribution in [1.82, 2.24) is 19.9 Å². The molecule has 10 heteroatoms. The van der Waals surface area contributed by atoms with Gasteiger partial charge in [-0.25, -0.2) is 9.78 Å². The first kappa shape index (κ1) is 25.8. The van der Waals surface area contributed by atoms with Gasteiger partial charge in [-0.1, -0.05) is 6.08 Å². The minimum Gasteiger partial charge on any atom is -0.457 e. The standard InChI is InChI=1S/C28H26N6O4/c1-4-5-26(35)19-12-21(14-22(13-19)34-16-18(2)31-17-34)33-28(37)32-20-6-8-23(9-7-20)38-24-10-11-30-25(15-24)27(36)29-3/h4-17H,1-3H3,(H,29,36)(H2,32,33,37)/b5-4+. The third kappa shape index (κ3) is 6.49. The smallest absolute Gasteiger partial charge is 0.323 e. The molecule has 10 nitrogen and oxygen atoms in total. The summed E-state index contributed by atoms with van der Waals surface area (Å²) in [5.41, 5.74) is 3.16. The number of hydrogen-bond acceptors (Lipinski definition) is 6. The molecule has 2 aromatic carbocycles. The number of rotatable bonds is 8. The molecule has 0 spiro atoms. The van der Waals surface area contributed by atoms with Gasteiger partial charge in [0.1, 0.15) is 17.2 Å². The van der Waals surface area contributed by atoms with E-state index in [4.69, 9.17) is 4.74 Å². The maximum Gasteiger partial charge on any atom is 0.323 e. The van der Waals surface area contributed by atoms with E-state index in [9.17, 15) is 14.4 Å². The summed E-state index contributed by atoms with van der Waals surface area (Å²) in [7, 11) is 1.53. The summed E-state index contributed by atoms with van der Waals surface area (Å²) in [6.07, 6.45) is 8.10. The molecule has 0 saturated carbocycles. The van der Waals surface area contributed by atoms with E-state index in [-0.39, 0.29) is 17.4 Å². The van der Waals surface area contributed by atoms with E-state index in [1.165, 1.54) is 25.4 Å². The number of allylic oxidation sites excluding steroid dienone is 2. The van der Waals surface area contributed by atoms with Gasteiger partial charge < -0.3 is 25.3 Å². The second kappa shape index (κ2) is 11.7. The third-order valence-corrected chi connectivity index (χ3v) is 5.33. The van der Waals surface area contributed by atoms with Crippen molar-refractivity contribution < 1.29 is 19.1 Å². The number of anilines is 2. The van der Waals surface area contributed by atoms with Gasteiger partial charge in [-0.2, -0.15) is 0 Å². The number of carbonyl (C=O) groups excluding carboxylic acids is 3. The Morgan fingerprint density at radius 1 is 0.921 bits per heavy atom. The van der Waals surface area contributed by atoms with Crippen LogP contribution in [0, 0.1) is 6.92 Å². The highest BCUT2D eigenvalue weighted by Crippen LogP contribution is 2.24. The fourth-order valence-electron chi connectivity index (χ4n) is 3.55. The molecule has 3 amide bonds. The molecule has 0 saturated heterocycles. The lowest BCUT2D eigenvalue weighted by Gasteiger charge is -2.12. The molecule has 2 aromatic heterocycles. The van der Waals surface area contributed by atoms with Gasteiger partial charge in [-0.3, -0.25) is 14.6 Å². The van der Waals surface area contributed by atoms with Crippen molar-refractivity contribution >= 4 is 29.1 Å². The number of carbonyl (C=O) groups is 3. The maximum atomic E-state index is 12.7. The number of amides is 3. The first-order valence-corrected chi connectivity index (χ1v) is 11.7. The largest absolute Gasteiger partial charge is 0.457 e. The topological polar surface area (TPSA) is 127 Å². The van der Waals surface area contributed by atoms with Crippen LogP contribution in [0.25, 0.3) is 5.69 Å². The molecule has 38 heavy (non-hydrogen) atoms. The first-order valence-electron chi connectivity index (χ1n) is 11.7. The Hall–Kier alpha value is -5.25. The Morgan fingerprint density at radius 3 is 2.37 bits per heavy atom. The summed E-state index contributed by atoms with van der Waals surface area (Å²) in [4.78, 5) is 45.3. The Balaban J connectivity index is 1.45. The van der Waals surface area contributed by atoms with Gasteiger partial charge in [0.25, 0.3) is 5.91 Å². The number of aryl methyl sites for hydroxylation is 1. The second-order valence-corrected chi connectivity index (χ2v) is 8.22. The molecular formula is C28H26N6O4. The van der Waals surface area contributed by atoms with Crippen molar-refractivity contribution in [3.63, 3.8) is 0 Å². The Bertz CT molecular complexity index is 1510. The molecule has 0 atom stereocenters. The molecule has 0 unspecified atom stereocenters. The monoisotopic (exact) mass is 510 g/mol. The minimum absolute atomic E-state index is 0.179. The Labute approximate surface area is 219 Å². The van der Waals surface area contributed by atoms with Crippen LogP contribution in [0.4, 0.5) is 16.2 Å². The summed E-state index contributed by atoms with van der Waals surface area (Å²) < 4.78 is 7.57. The zero-order valence-electron chi connectivity index (χ0n) is 21.1. The predicted octanol–water partition coefficient (Wildman–Crippen LogP) is 5.13. The number of hydrogen-bond donors (Lipinski definition) is 3. The zero-order valence-corrected chi connectivity index (χ0v) is 21.1. The summed E-state index contributed by atoms with van der Waals surface area (Å²) in [6, 6.07) is 14.5. The lowest BCUT2D eigenvalue weighted by atomic mass is 10.1. The van der Waals surface area contributed by atoms with Gasteiger partial charge in [0.15, 0.2) is 5.78 Å². The average Bonchev–Trinajstić information content (AvgIpc) is 3.35. The molecule has 0 aliphatic rings. The quantitative estimate of drug-likeness (QED) is 0.223. The molecular weight excluding hydrogens is 484 g/mol. The number of aromatic nitrogens is 3. The van der Waals surface area contributed by atoms with Crippen LogP contribution in [-0.4, -0.2) is 39.3 Å². The predicted molar refractivity (Wildman–Crippen MR) is 144 cm³/mol. The van der Waals surface area contributed by atoms with Gasteiger partial charge in [0.2, 0.25) is 0 Å². The molecule has 0 bridgehead atoms. The lowest BCUT2D eigenvalue weighted by molar-refractivity contribution is 0.0957. The van der Waals surface area contributed by atoms with Gasteiger partial charge in [-0.05, 0) is 68.5 Å². The lowest BCUT2D eigenvalue weighted by Crippen LogP contribution is -2.19. The number of imidazole rings is 1. The van der Waals surface area contributed by atoms with Gasteiger partial charge in [0.05, 0.1) is 12.0 Å². The van der Waals surface area contributed by atoms with Crippen LogP contribution in [0.15, 0.2) is 85.5 Å². The highest BCUT2D eigenvalue weighted by Gasteiger charge is 2.11. The summed E-state index contributed by atoms with van der Waals surface area (Å²) in [5.74, 6) is 0.473. The van der Waals surface area contributed by atoms with Crippen LogP contribution >= 0.6 is 0 Å². The van der Waals surface area contributed by atoms with E-state index in [0.29, 0.717) is 34.1 Å². The first-order chi connectivity index (χ1) is 18.3. The number of ether oxygens (including phenoxy) is 1. The van der Waals surface area contributed by atoms with Crippen molar-refractivity contribution in [2.75, 3.05) is 17.7 Å². The van der Waals surface area contributed by atoms with Crippen LogP contribution in [0.1, 0.15) is 33.5 Å². The fourth-order valence-corrected chi connectivity index (χ4v) is 3.55. The number of nitrogens with zero attached hydrogens (tertiary/aromatic N) is 3. The number of pyridine rings is 1. The summed E-state index contributed by atoms with van der Waals surface area (Å²) >= 11 is 0. The second-order valence-electron chi connectivity index (χ2n) is 8.22. The molecule has 0 fully saturated rings. The van der Waals surface area contributed by atoms with E-state index in [1.54, 1.807) is 72.4 Å². The van der Waals surface area contributed by atoms with Crippen LogP contribution < -0.4 is 20.7 Å². The molecule has 0 aliphatic heterocycles. The Morgan fingerprint density at radius 2 is 1.68 bits per heavy atom. The van der Waals surface area contributed by atoms with E-state index in [0.717, 1.165) is 5.69 Å². The Kier molecular flexibility index (Phi) is 7.92. The van der Waals surface area contributed by atoms with Crippen LogP contribution in [-0.2, 0) is 0 Å². The number of urea groups is 1. The SMILES string of the molecule is C/C=C/C(=O)c1cc(NC(=O)Nc2ccc(Oc3ccnc(C(=O)NC)c3)cc2)cc(-n2cnc(C)c2)c1. The van der Waals surface area contributed by atoms with E-state index in [1.807, 2.05) is 13.1 Å². The number of ketones is 1.